The second kappa shape index (κ2) is 10.4. The van der Waals surface area contributed by atoms with Gasteiger partial charge in [-0.25, -0.2) is 0 Å². The molecule has 4 rings (SSSR count). The van der Waals surface area contributed by atoms with Crippen molar-refractivity contribution in [1.29, 1.82) is 0 Å². The zero-order valence-corrected chi connectivity index (χ0v) is 19.2. The number of halogens is 3. The summed E-state index contributed by atoms with van der Waals surface area (Å²) in [7, 11) is 1.57. The van der Waals surface area contributed by atoms with Gasteiger partial charge in [0.25, 0.3) is 5.22 Å². The average Bonchev–Trinajstić information content (AvgIpc) is 3.32. The number of aromatic nitrogens is 2. The van der Waals surface area contributed by atoms with Gasteiger partial charge in [-0.2, -0.15) is 13.2 Å². The number of methoxy groups -OCH3 is 1. The molecular formula is C23H23F3N4O3S. The van der Waals surface area contributed by atoms with Crippen LogP contribution >= 0.6 is 11.8 Å². The van der Waals surface area contributed by atoms with E-state index >= 15 is 0 Å². The maximum Gasteiger partial charge on any atom is 0.416 e. The topological polar surface area (TPSA) is 80.5 Å². The van der Waals surface area contributed by atoms with E-state index < -0.39 is 17.6 Å². The fourth-order valence-electron chi connectivity index (χ4n) is 3.65. The minimum Gasteiger partial charge on any atom is -0.497 e. The van der Waals surface area contributed by atoms with Gasteiger partial charge in [-0.15, -0.1) is 10.2 Å². The highest BCUT2D eigenvalue weighted by molar-refractivity contribution is 7.99. The number of rotatable bonds is 7. The highest BCUT2D eigenvalue weighted by Gasteiger charge is 2.32. The Bertz CT molecular complexity index is 1130. The first-order valence-corrected chi connectivity index (χ1v) is 11.7. The highest BCUT2D eigenvalue weighted by atomic mass is 32.2. The van der Waals surface area contributed by atoms with E-state index in [1.807, 2.05) is 4.90 Å². The highest BCUT2D eigenvalue weighted by Crippen LogP contribution is 2.36. The first-order chi connectivity index (χ1) is 16.3. The van der Waals surface area contributed by atoms with E-state index in [0.29, 0.717) is 17.0 Å². The quantitative estimate of drug-likeness (QED) is 0.437. The molecule has 2 aromatic carbocycles. The van der Waals surface area contributed by atoms with Gasteiger partial charge in [0.05, 0.1) is 29.8 Å². The van der Waals surface area contributed by atoms with Crippen molar-refractivity contribution in [3.63, 3.8) is 0 Å². The lowest BCUT2D eigenvalue weighted by atomic mass is 10.1. The van der Waals surface area contributed by atoms with Crippen molar-refractivity contribution in [2.75, 3.05) is 36.2 Å². The van der Waals surface area contributed by atoms with Crippen LogP contribution in [0.4, 0.5) is 24.5 Å². The van der Waals surface area contributed by atoms with Crippen LogP contribution in [0.1, 0.15) is 24.8 Å². The number of hydrogen-bond donors (Lipinski definition) is 1. The first-order valence-electron chi connectivity index (χ1n) is 10.7. The minimum atomic E-state index is -4.50. The van der Waals surface area contributed by atoms with Crippen LogP contribution < -0.4 is 15.0 Å². The van der Waals surface area contributed by atoms with E-state index in [-0.39, 0.29) is 22.6 Å². The summed E-state index contributed by atoms with van der Waals surface area (Å²) in [5, 5.41) is 10.7. The molecule has 1 aliphatic rings. The smallest absolute Gasteiger partial charge is 0.416 e. The largest absolute Gasteiger partial charge is 0.497 e. The van der Waals surface area contributed by atoms with Crippen LogP contribution in [0.3, 0.4) is 0 Å². The number of thioether (sulfide) groups is 1. The SMILES string of the molecule is COc1ccc(-c2nnc(SCC(=O)Nc3cc(C(F)(F)F)ccc3N3CCCCC3)o2)cc1. The molecule has 11 heteroatoms. The molecule has 1 saturated heterocycles. The third kappa shape index (κ3) is 5.82. The fraction of sp³-hybridized carbons (Fsp3) is 0.348. The summed E-state index contributed by atoms with van der Waals surface area (Å²) < 4.78 is 50.5. The second-order valence-electron chi connectivity index (χ2n) is 7.72. The molecule has 3 aromatic rings. The van der Waals surface area contributed by atoms with E-state index in [2.05, 4.69) is 15.5 Å². The normalized spacial score (nSPS) is 14.2. The molecular weight excluding hydrogens is 469 g/mol. The minimum absolute atomic E-state index is 0.0973. The van der Waals surface area contributed by atoms with E-state index in [9.17, 15) is 18.0 Å². The molecule has 1 N–H and O–H groups in total. The van der Waals surface area contributed by atoms with Gasteiger partial charge in [0, 0.05) is 18.7 Å². The number of nitrogens with zero attached hydrogens (tertiary/aromatic N) is 3. The van der Waals surface area contributed by atoms with Crippen molar-refractivity contribution in [3.8, 4) is 17.2 Å². The number of benzene rings is 2. The number of amides is 1. The average molecular weight is 493 g/mol. The van der Waals surface area contributed by atoms with Gasteiger partial charge in [-0.05, 0) is 61.7 Å². The monoisotopic (exact) mass is 492 g/mol. The van der Waals surface area contributed by atoms with Crippen LogP contribution in [0.5, 0.6) is 5.75 Å². The van der Waals surface area contributed by atoms with Crippen molar-refractivity contribution in [2.45, 2.75) is 30.7 Å². The number of ether oxygens (including phenoxy) is 1. The van der Waals surface area contributed by atoms with E-state index in [4.69, 9.17) is 9.15 Å². The Balaban J connectivity index is 1.43. The molecule has 1 amide bonds. The number of alkyl halides is 3. The lowest BCUT2D eigenvalue weighted by Crippen LogP contribution is -2.30. The van der Waals surface area contributed by atoms with Gasteiger partial charge in [0.1, 0.15) is 5.75 Å². The third-order valence-electron chi connectivity index (χ3n) is 5.36. The second-order valence-corrected chi connectivity index (χ2v) is 8.64. The third-order valence-corrected chi connectivity index (χ3v) is 6.18. The summed E-state index contributed by atoms with van der Waals surface area (Å²) in [6, 6.07) is 10.5. The van der Waals surface area contributed by atoms with E-state index in [1.165, 1.54) is 6.07 Å². The summed E-state index contributed by atoms with van der Waals surface area (Å²) in [6.07, 6.45) is -1.51. The zero-order chi connectivity index (χ0) is 24.1. The van der Waals surface area contributed by atoms with Crippen LogP contribution in [-0.4, -0.2) is 42.1 Å². The lowest BCUT2D eigenvalue weighted by molar-refractivity contribution is -0.137. The van der Waals surface area contributed by atoms with Gasteiger partial charge < -0.3 is 19.4 Å². The maximum absolute atomic E-state index is 13.3. The Morgan fingerprint density at radius 3 is 2.53 bits per heavy atom. The summed E-state index contributed by atoms with van der Waals surface area (Å²) >= 11 is 1.01. The van der Waals surface area contributed by atoms with Crippen LogP contribution in [0, 0.1) is 0 Å². The predicted octanol–water partition coefficient (Wildman–Crippen LogP) is 5.49. The molecule has 2 heterocycles. The summed E-state index contributed by atoms with van der Waals surface area (Å²) in [6.45, 7) is 1.47. The number of nitrogens with one attached hydrogen (secondary N) is 1. The molecule has 1 fully saturated rings. The molecule has 0 bridgehead atoms. The number of anilines is 2. The molecule has 0 saturated carbocycles. The molecule has 180 valence electrons. The number of carbonyl (C=O) groups is 1. The molecule has 0 aliphatic carbocycles. The van der Waals surface area contributed by atoms with Crippen LogP contribution in [0.15, 0.2) is 52.1 Å². The molecule has 7 nitrogen and oxygen atoms in total. The first kappa shape index (κ1) is 23.9. The molecule has 0 unspecified atom stereocenters. The molecule has 1 aromatic heterocycles. The Morgan fingerprint density at radius 2 is 1.85 bits per heavy atom. The Labute approximate surface area is 198 Å². The number of piperidine rings is 1. The number of hydrogen-bond acceptors (Lipinski definition) is 7. The predicted molar refractivity (Wildman–Crippen MR) is 123 cm³/mol. The summed E-state index contributed by atoms with van der Waals surface area (Å²) in [5.74, 6) is 0.413. The Hall–Kier alpha value is -3.21. The molecule has 1 aliphatic heterocycles. The van der Waals surface area contributed by atoms with Crippen molar-refractivity contribution in [2.24, 2.45) is 0 Å². The molecule has 0 radical (unpaired) electrons. The van der Waals surface area contributed by atoms with Crippen LogP contribution in [0.25, 0.3) is 11.5 Å². The van der Waals surface area contributed by atoms with Gasteiger partial charge in [-0.3, -0.25) is 4.79 Å². The van der Waals surface area contributed by atoms with Crippen molar-refractivity contribution >= 4 is 29.0 Å². The van der Waals surface area contributed by atoms with Gasteiger partial charge in [0.15, 0.2) is 0 Å². The van der Waals surface area contributed by atoms with E-state index in [1.54, 1.807) is 31.4 Å². The Kier molecular flexibility index (Phi) is 7.30. The molecule has 0 spiro atoms. The molecule has 0 atom stereocenters. The number of carbonyl (C=O) groups excluding carboxylic acids is 1. The van der Waals surface area contributed by atoms with Crippen molar-refractivity contribution in [3.05, 3.63) is 48.0 Å². The van der Waals surface area contributed by atoms with Crippen LogP contribution in [-0.2, 0) is 11.0 Å². The van der Waals surface area contributed by atoms with Crippen molar-refractivity contribution in [1.82, 2.24) is 10.2 Å². The zero-order valence-electron chi connectivity index (χ0n) is 18.4. The van der Waals surface area contributed by atoms with Gasteiger partial charge >= 0.3 is 6.18 Å². The maximum atomic E-state index is 13.3. The summed E-state index contributed by atoms with van der Waals surface area (Å²) in [5.41, 5.74) is 0.620. The standard InChI is InChI=1S/C23H23F3N4O3S/c1-32-17-8-5-15(6-9-17)21-28-29-22(33-21)34-14-20(31)27-18-13-16(23(24,25)26)7-10-19(18)30-11-3-2-4-12-30/h5-10,13H,2-4,11-12,14H2,1H3,(H,27,31). The summed E-state index contributed by atoms with van der Waals surface area (Å²) in [4.78, 5) is 14.6. The van der Waals surface area contributed by atoms with Gasteiger partial charge in [-0.1, -0.05) is 11.8 Å². The van der Waals surface area contributed by atoms with E-state index in [0.717, 1.165) is 56.2 Å². The Morgan fingerprint density at radius 1 is 1.12 bits per heavy atom. The van der Waals surface area contributed by atoms with Crippen LogP contribution in [0.2, 0.25) is 0 Å². The van der Waals surface area contributed by atoms with Crippen molar-refractivity contribution < 1.29 is 27.1 Å². The van der Waals surface area contributed by atoms with Gasteiger partial charge in [0.2, 0.25) is 11.8 Å². The fourth-order valence-corrected chi connectivity index (χ4v) is 4.22. The lowest BCUT2D eigenvalue weighted by Gasteiger charge is -2.31. The molecule has 34 heavy (non-hydrogen) atoms.